The molecule has 2 saturated carbocycles. The lowest BCUT2D eigenvalue weighted by Crippen LogP contribution is -2.43. The molecule has 2 aliphatic rings. The van der Waals surface area contributed by atoms with E-state index in [2.05, 4.69) is 19.2 Å². The van der Waals surface area contributed by atoms with E-state index < -0.39 is 0 Å². The number of rotatable bonds is 5. The highest BCUT2D eigenvalue weighted by atomic mass is 14.9. The molecular weight excluding hydrogens is 182 g/mol. The topological polar surface area (TPSA) is 12.0 Å². The summed E-state index contributed by atoms with van der Waals surface area (Å²) >= 11 is 0. The van der Waals surface area contributed by atoms with Crippen LogP contribution >= 0.6 is 0 Å². The summed E-state index contributed by atoms with van der Waals surface area (Å²) < 4.78 is 0. The fourth-order valence-electron chi connectivity index (χ4n) is 3.38. The van der Waals surface area contributed by atoms with E-state index >= 15 is 0 Å². The minimum atomic E-state index is 0.658. The van der Waals surface area contributed by atoms with Gasteiger partial charge in [0.1, 0.15) is 0 Å². The molecule has 0 unspecified atom stereocenters. The Balaban J connectivity index is 1.79. The fraction of sp³-hybridized carbons (Fsp3) is 1.00. The normalized spacial score (nSPS) is 25.8. The van der Waals surface area contributed by atoms with Crippen molar-refractivity contribution in [1.82, 2.24) is 5.32 Å². The van der Waals surface area contributed by atoms with E-state index in [1.165, 1.54) is 57.9 Å². The first kappa shape index (κ1) is 11.4. The maximum absolute atomic E-state index is 3.66. The fourth-order valence-corrected chi connectivity index (χ4v) is 3.38. The van der Waals surface area contributed by atoms with Gasteiger partial charge in [0.2, 0.25) is 0 Å². The monoisotopic (exact) mass is 209 g/mol. The SMILES string of the molecule is CC(C)NCC1(CC2CCCC2)CCC1. The first-order valence-corrected chi connectivity index (χ1v) is 6.94. The highest BCUT2D eigenvalue weighted by Gasteiger charge is 2.38. The van der Waals surface area contributed by atoms with Gasteiger partial charge >= 0.3 is 0 Å². The first-order valence-electron chi connectivity index (χ1n) is 6.94. The summed E-state index contributed by atoms with van der Waals surface area (Å²) in [5.74, 6) is 1.07. The largest absolute Gasteiger partial charge is 0.314 e. The van der Waals surface area contributed by atoms with Crippen molar-refractivity contribution < 1.29 is 0 Å². The lowest BCUT2D eigenvalue weighted by Gasteiger charge is -2.44. The molecule has 1 heteroatoms. The maximum atomic E-state index is 3.66. The Kier molecular flexibility index (Phi) is 3.71. The summed E-state index contributed by atoms with van der Waals surface area (Å²) in [6, 6.07) is 0.658. The van der Waals surface area contributed by atoms with E-state index in [9.17, 15) is 0 Å². The lowest BCUT2D eigenvalue weighted by molar-refractivity contribution is 0.0896. The van der Waals surface area contributed by atoms with Gasteiger partial charge in [-0.1, -0.05) is 46.0 Å². The Morgan fingerprint density at radius 3 is 2.27 bits per heavy atom. The van der Waals surface area contributed by atoms with E-state index in [1.54, 1.807) is 0 Å². The van der Waals surface area contributed by atoms with Gasteiger partial charge < -0.3 is 5.32 Å². The van der Waals surface area contributed by atoms with Crippen LogP contribution in [0.15, 0.2) is 0 Å². The van der Waals surface area contributed by atoms with Crippen LogP contribution in [0.4, 0.5) is 0 Å². The minimum absolute atomic E-state index is 0.658. The molecule has 0 aromatic carbocycles. The van der Waals surface area contributed by atoms with Crippen LogP contribution in [0, 0.1) is 11.3 Å². The van der Waals surface area contributed by atoms with Crippen LogP contribution in [0.3, 0.4) is 0 Å². The second kappa shape index (κ2) is 4.86. The summed E-state index contributed by atoms with van der Waals surface area (Å²) in [6.07, 6.45) is 12.0. The van der Waals surface area contributed by atoms with Gasteiger partial charge in [-0.3, -0.25) is 0 Å². The number of hydrogen-bond acceptors (Lipinski definition) is 1. The molecule has 0 saturated heterocycles. The van der Waals surface area contributed by atoms with Crippen molar-refractivity contribution in [2.45, 2.75) is 71.3 Å². The predicted molar refractivity (Wildman–Crippen MR) is 66.0 cm³/mol. The van der Waals surface area contributed by atoms with Gasteiger partial charge in [0.25, 0.3) is 0 Å². The molecule has 0 spiro atoms. The Bertz CT molecular complexity index is 188. The van der Waals surface area contributed by atoms with Gasteiger partial charge in [0.15, 0.2) is 0 Å². The Morgan fingerprint density at radius 2 is 1.80 bits per heavy atom. The summed E-state index contributed by atoms with van der Waals surface area (Å²) in [6.45, 7) is 5.81. The molecule has 0 radical (unpaired) electrons. The van der Waals surface area contributed by atoms with Crippen molar-refractivity contribution in [3.8, 4) is 0 Å². The quantitative estimate of drug-likeness (QED) is 0.727. The minimum Gasteiger partial charge on any atom is -0.314 e. The van der Waals surface area contributed by atoms with Crippen molar-refractivity contribution in [3.05, 3.63) is 0 Å². The molecule has 0 amide bonds. The Morgan fingerprint density at radius 1 is 1.13 bits per heavy atom. The highest BCUT2D eigenvalue weighted by Crippen LogP contribution is 2.48. The average Bonchev–Trinajstić information content (AvgIpc) is 2.61. The van der Waals surface area contributed by atoms with Gasteiger partial charge in [-0.2, -0.15) is 0 Å². The van der Waals surface area contributed by atoms with Gasteiger partial charge in [-0.15, -0.1) is 0 Å². The molecule has 0 aromatic rings. The van der Waals surface area contributed by atoms with Crippen molar-refractivity contribution in [2.24, 2.45) is 11.3 Å². The molecule has 88 valence electrons. The van der Waals surface area contributed by atoms with E-state index in [4.69, 9.17) is 0 Å². The van der Waals surface area contributed by atoms with Crippen LogP contribution in [-0.4, -0.2) is 12.6 Å². The molecule has 2 rings (SSSR count). The summed E-state index contributed by atoms with van der Waals surface area (Å²) in [4.78, 5) is 0. The molecule has 0 aromatic heterocycles. The lowest BCUT2D eigenvalue weighted by atomic mass is 9.64. The van der Waals surface area contributed by atoms with Gasteiger partial charge in [-0.25, -0.2) is 0 Å². The smallest absolute Gasteiger partial charge is 0.00106 e. The summed E-state index contributed by atoms with van der Waals surface area (Å²) in [7, 11) is 0. The Hall–Kier alpha value is -0.0400. The van der Waals surface area contributed by atoms with Gasteiger partial charge in [-0.05, 0) is 30.6 Å². The molecule has 0 heterocycles. The predicted octanol–water partition coefficient (Wildman–Crippen LogP) is 3.74. The van der Waals surface area contributed by atoms with Crippen LogP contribution < -0.4 is 5.32 Å². The second-order valence-electron chi connectivity index (χ2n) is 6.24. The highest BCUT2D eigenvalue weighted by molar-refractivity contribution is 4.92. The van der Waals surface area contributed by atoms with E-state index in [0.29, 0.717) is 11.5 Å². The van der Waals surface area contributed by atoms with Crippen LogP contribution in [0.5, 0.6) is 0 Å². The average molecular weight is 209 g/mol. The van der Waals surface area contributed by atoms with E-state index in [-0.39, 0.29) is 0 Å². The number of nitrogens with one attached hydrogen (secondary N) is 1. The Labute approximate surface area is 95.0 Å². The van der Waals surface area contributed by atoms with Crippen molar-refractivity contribution >= 4 is 0 Å². The number of hydrogen-bond donors (Lipinski definition) is 1. The third-order valence-corrected chi connectivity index (χ3v) is 4.50. The summed E-state index contributed by atoms with van der Waals surface area (Å²) in [5, 5.41) is 3.66. The van der Waals surface area contributed by atoms with Crippen LogP contribution in [0.2, 0.25) is 0 Å². The molecule has 1 nitrogen and oxygen atoms in total. The molecule has 2 fully saturated rings. The molecule has 0 aliphatic heterocycles. The second-order valence-corrected chi connectivity index (χ2v) is 6.24. The van der Waals surface area contributed by atoms with E-state index in [0.717, 1.165) is 5.92 Å². The third kappa shape index (κ3) is 2.96. The van der Waals surface area contributed by atoms with Crippen molar-refractivity contribution in [1.29, 1.82) is 0 Å². The third-order valence-electron chi connectivity index (χ3n) is 4.50. The van der Waals surface area contributed by atoms with Crippen LogP contribution in [0.25, 0.3) is 0 Å². The van der Waals surface area contributed by atoms with Crippen molar-refractivity contribution in [3.63, 3.8) is 0 Å². The summed E-state index contributed by atoms with van der Waals surface area (Å²) in [5.41, 5.74) is 0.708. The van der Waals surface area contributed by atoms with Gasteiger partial charge in [0.05, 0.1) is 0 Å². The molecule has 1 N–H and O–H groups in total. The van der Waals surface area contributed by atoms with Crippen LogP contribution in [-0.2, 0) is 0 Å². The van der Waals surface area contributed by atoms with Gasteiger partial charge in [0, 0.05) is 12.6 Å². The van der Waals surface area contributed by atoms with Crippen molar-refractivity contribution in [2.75, 3.05) is 6.54 Å². The molecular formula is C14H27N. The molecule has 15 heavy (non-hydrogen) atoms. The zero-order valence-electron chi connectivity index (χ0n) is 10.5. The van der Waals surface area contributed by atoms with E-state index in [1.807, 2.05) is 0 Å². The molecule has 0 bridgehead atoms. The molecule has 0 atom stereocenters. The standard InChI is InChI=1S/C14H27N/c1-12(2)15-11-14(8-5-9-14)10-13-6-3-4-7-13/h12-13,15H,3-11H2,1-2H3. The zero-order valence-corrected chi connectivity index (χ0v) is 10.5. The van der Waals surface area contributed by atoms with Crippen LogP contribution in [0.1, 0.15) is 65.2 Å². The molecule has 2 aliphatic carbocycles. The first-order chi connectivity index (χ1) is 7.20. The zero-order chi connectivity index (χ0) is 10.7. The maximum Gasteiger partial charge on any atom is 0.00106 e.